The fraction of sp³-hybridized carbons (Fsp3) is 0.688. The average Bonchev–Trinajstić information content (AvgIpc) is 2.40. The molecule has 20 heavy (non-hydrogen) atoms. The zero-order valence-electron chi connectivity index (χ0n) is 13.4. The number of nitrogens with zero attached hydrogens (tertiary/aromatic N) is 2. The molecule has 1 heterocycles. The molecule has 1 N–H and O–H groups in total. The van der Waals surface area contributed by atoms with Crippen molar-refractivity contribution in [1.29, 1.82) is 0 Å². The van der Waals surface area contributed by atoms with Gasteiger partial charge in [-0.1, -0.05) is 38.8 Å². The van der Waals surface area contributed by atoms with E-state index in [1.807, 2.05) is 0 Å². The Bertz CT molecular complexity index is 407. The second-order valence-corrected chi connectivity index (χ2v) is 6.31. The molecule has 0 aromatic carbocycles. The number of anilines is 1. The predicted octanol–water partition coefficient (Wildman–Crippen LogP) is 4.11. The van der Waals surface area contributed by atoms with E-state index in [4.69, 9.17) is 11.6 Å². The summed E-state index contributed by atoms with van der Waals surface area (Å²) in [4.78, 5) is 6.68. The van der Waals surface area contributed by atoms with Gasteiger partial charge in [0.25, 0.3) is 0 Å². The van der Waals surface area contributed by atoms with Crippen LogP contribution in [0.25, 0.3) is 0 Å². The second-order valence-electron chi connectivity index (χ2n) is 5.91. The fourth-order valence-corrected chi connectivity index (χ4v) is 2.30. The van der Waals surface area contributed by atoms with Crippen LogP contribution in [0.15, 0.2) is 12.3 Å². The number of hydrogen-bond donors (Lipinski definition) is 1. The van der Waals surface area contributed by atoms with E-state index in [1.165, 1.54) is 12.8 Å². The summed E-state index contributed by atoms with van der Waals surface area (Å²) in [7, 11) is 2.10. The quantitative estimate of drug-likeness (QED) is 0.783. The van der Waals surface area contributed by atoms with E-state index in [2.05, 4.69) is 56.0 Å². The Morgan fingerprint density at radius 3 is 2.65 bits per heavy atom. The van der Waals surface area contributed by atoms with Gasteiger partial charge in [-0.05, 0) is 37.4 Å². The fourth-order valence-electron chi connectivity index (χ4n) is 2.13. The Morgan fingerprint density at radius 2 is 2.05 bits per heavy atom. The van der Waals surface area contributed by atoms with E-state index in [0.717, 1.165) is 29.5 Å². The van der Waals surface area contributed by atoms with Crippen molar-refractivity contribution in [2.24, 2.45) is 5.92 Å². The van der Waals surface area contributed by atoms with Crippen LogP contribution < -0.4 is 10.2 Å². The van der Waals surface area contributed by atoms with Crippen LogP contribution >= 0.6 is 11.6 Å². The van der Waals surface area contributed by atoms with Gasteiger partial charge in [-0.25, -0.2) is 4.98 Å². The zero-order chi connectivity index (χ0) is 15.1. The van der Waals surface area contributed by atoms with E-state index in [0.29, 0.717) is 12.0 Å². The second kappa shape index (κ2) is 8.48. The molecule has 1 rings (SSSR count). The Hall–Kier alpha value is -0.800. The zero-order valence-corrected chi connectivity index (χ0v) is 14.2. The third-order valence-electron chi connectivity index (χ3n) is 3.52. The van der Waals surface area contributed by atoms with Gasteiger partial charge < -0.3 is 10.2 Å². The number of aromatic nitrogens is 1. The summed E-state index contributed by atoms with van der Waals surface area (Å²) >= 11 is 6.24. The molecule has 0 fully saturated rings. The molecule has 114 valence electrons. The van der Waals surface area contributed by atoms with Crippen molar-refractivity contribution in [2.45, 2.75) is 53.1 Å². The van der Waals surface area contributed by atoms with E-state index in [1.54, 1.807) is 6.20 Å². The average molecular weight is 298 g/mol. The van der Waals surface area contributed by atoms with Crippen molar-refractivity contribution < 1.29 is 0 Å². The summed E-state index contributed by atoms with van der Waals surface area (Å²) in [5, 5.41) is 4.17. The smallest absolute Gasteiger partial charge is 0.128 e. The molecule has 0 bridgehead atoms. The van der Waals surface area contributed by atoms with Crippen molar-refractivity contribution in [3.05, 3.63) is 22.8 Å². The van der Waals surface area contributed by atoms with Gasteiger partial charge in [0, 0.05) is 25.8 Å². The number of pyridine rings is 1. The van der Waals surface area contributed by atoms with Gasteiger partial charge in [-0.3, -0.25) is 0 Å². The van der Waals surface area contributed by atoms with Crippen molar-refractivity contribution in [3.8, 4) is 0 Å². The molecule has 1 aromatic heterocycles. The normalized spacial score (nSPS) is 12.8. The van der Waals surface area contributed by atoms with E-state index in [-0.39, 0.29) is 0 Å². The van der Waals surface area contributed by atoms with Crippen molar-refractivity contribution >= 4 is 17.4 Å². The summed E-state index contributed by atoms with van der Waals surface area (Å²) in [5.41, 5.74) is 1.12. The lowest BCUT2D eigenvalue weighted by molar-refractivity contribution is 0.552. The van der Waals surface area contributed by atoms with Gasteiger partial charge in [0.15, 0.2) is 0 Å². The number of hydrogen-bond acceptors (Lipinski definition) is 3. The highest BCUT2D eigenvalue weighted by molar-refractivity contribution is 6.31. The molecule has 4 heteroatoms. The molecule has 0 saturated carbocycles. The number of nitrogens with one attached hydrogen (secondary N) is 1. The van der Waals surface area contributed by atoms with Crippen LogP contribution in [0, 0.1) is 5.92 Å². The molecule has 0 aliphatic heterocycles. The first-order valence-corrected chi connectivity index (χ1v) is 7.91. The van der Waals surface area contributed by atoms with Gasteiger partial charge >= 0.3 is 0 Å². The lowest BCUT2D eigenvalue weighted by atomic mass is 10.1. The molecule has 0 spiro atoms. The van der Waals surface area contributed by atoms with Gasteiger partial charge in [0.2, 0.25) is 0 Å². The van der Waals surface area contributed by atoms with E-state index in [9.17, 15) is 0 Å². The maximum absolute atomic E-state index is 6.24. The standard InChI is InChI=1S/C16H28ClN3/c1-6-7-13(4)20(5)16-8-14(15(17)11-19-16)10-18-9-12(2)3/h8,11-13,18H,6-7,9-10H2,1-5H3. The number of halogens is 1. The van der Waals surface area contributed by atoms with Gasteiger partial charge in [-0.2, -0.15) is 0 Å². The first kappa shape index (κ1) is 17.3. The molecule has 0 aliphatic carbocycles. The Morgan fingerprint density at radius 1 is 1.35 bits per heavy atom. The van der Waals surface area contributed by atoms with Crippen LogP contribution in [0.2, 0.25) is 5.02 Å². The first-order valence-electron chi connectivity index (χ1n) is 7.53. The highest BCUT2D eigenvalue weighted by atomic mass is 35.5. The van der Waals surface area contributed by atoms with E-state index >= 15 is 0 Å². The largest absolute Gasteiger partial charge is 0.357 e. The minimum Gasteiger partial charge on any atom is -0.357 e. The van der Waals surface area contributed by atoms with Crippen LogP contribution in [0.4, 0.5) is 5.82 Å². The molecule has 3 nitrogen and oxygen atoms in total. The number of rotatable bonds is 8. The Balaban J connectivity index is 2.74. The van der Waals surface area contributed by atoms with Crippen LogP contribution in [0.1, 0.15) is 46.1 Å². The van der Waals surface area contributed by atoms with Crippen molar-refractivity contribution in [3.63, 3.8) is 0 Å². The molecule has 1 atom stereocenters. The van der Waals surface area contributed by atoms with Crippen LogP contribution in [0.3, 0.4) is 0 Å². The first-order chi connectivity index (χ1) is 9.45. The topological polar surface area (TPSA) is 28.2 Å². The van der Waals surface area contributed by atoms with Crippen LogP contribution in [0.5, 0.6) is 0 Å². The van der Waals surface area contributed by atoms with Gasteiger partial charge in [-0.15, -0.1) is 0 Å². The minimum atomic E-state index is 0.491. The highest BCUT2D eigenvalue weighted by Crippen LogP contribution is 2.22. The third-order valence-corrected chi connectivity index (χ3v) is 3.86. The molecule has 0 radical (unpaired) electrons. The van der Waals surface area contributed by atoms with E-state index < -0.39 is 0 Å². The molecular formula is C16H28ClN3. The van der Waals surface area contributed by atoms with Crippen LogP contribution in [-0.4, -0.2) is 24.6 Å². The maximum atomic E-state index is 6.24. The molecule has 0 amide bonds. The Labute approximate surface area is 128 Å². The predicted molar refractivity (Wildman–Crippen MR) is 88.6 cm³/mol. The van der Waals surface area contributed by atoms with Gasteiger partial charge in [0.05, 0.1) is 5.02 Å². The maximum Gasteiger partial charge on any atom is 0.128 e. The summed E-state index contributed by atoms with van der Waals surface area (Å²) in [5.74, 6) is 1.64. The van der Waals surface area contributed by atoms with Crippen molar-refractivity contribution in [2.75, 3.05) is 18.5 Å². The van der Waals surface area contributed by atoms with Crippen LogP contribution in [-0.2, 0) is 6.54 Å². The van der Waals surface area contributed by atoms with Crippen molar-refractivity contribution in [1.82, 2.24) is 10.3 Å². The minimum absolute atomic E-state index is 0.491. The summed E-state index contributed by atoms with van der Waals surface area (Å²) < 4.78 is 0. The molecule has 0 aliphatic rings. The SMILES string of the molecule is CCCC(C)N(C)c1cc(CNCC(C)C)c(Cl)cn1. The summed E-state index contributed by atoms with van der Waals surface area (Å²) in [6.45, 7) is 10.6. The monoisotopic (exact) mass is 297 g/mol. The molecular weight excluding hydrogens is 270 g/mol. The highest BCUT2D eigenvalue weighted by Gasteiger charge is 2.12. The molecule has 1 aromatic rings. The Kier molecular flexibility index (Phi) is 7.31. The molecule has 1 unspecified atom stereocenters. The molecule has 0 saturated heterocycles. The lowest BCUT2D eigenvalue weighted by Gasteiger charge is -2.26. The summed E-state index contributed by atoms with van der Waals surface area (Å²) in [6.07, 6.45) is 4.11. The third kappa shape index (κ3) is 5.29. The van der Waals surface area contributed by atoms with Gasteiger partial charge in [0.1, 0.15) is 5.82 Å². The lowest BCUT2D eigenvalue weighted by Crippen LogP contribution is -2.29. The summed E-state index contributed by atoms with van der Waals surface area (Å²) in [6, 6.07) is 2.59.